The normalized spacial score (nSPS) is 28.2. The Bertz CT molecular complexity index is 328. The molecular formula is C13H20N2O. The van der Waals surface area contributed by atoms with Crippen molar-refractivity contribution < 1.29 is 5.11 Å². The number of aliphatic hydroxyl groups excluding tert-OH is 1. The fraction of sp³-hybridized carbons (Fsp3) is 0.538. The monoisotopic (exact) mass is 220 g/mol. The zero-order chi connectivity index (χ0) is 11.5. The molecule has 3 heteroatoms. The van der Waals surface area contributed by atoms with Crippen LogP contribution in [0.1, 0.15) is 18.9 Å². The van der Waals surface area contributed by atoms with Gasteiger partial charge >= 0.3 is 0 Å². The first kappa shape index (κ1) is 11.6. The van der Waals surface area contributed by atoms with Crippen molar-refractivity contribution in [1.29, 1.82) is 0 Å². The zero-order valence-corrected chi connectivity index (χ0v) is 9.71. The first-order chi connectivity index (χ1) is 7.68. The number of likely N-dealkylation sites (tertiary alicyclic amines) is 1. The quantitative estimate of drug-likeness (QED) is 0.798. The Balaban J connectivity index is 1.96. The molecule has 1 heterocycles. The highest BCUT2D eigenvalue weighted by molar-refractivity contribution is 5.15. The molecule has 0 amide bonds. The van der Waals surface area contributed by atoms with E-state index in [4.69, 9.17) is 5.73 Å². The Labute approximate surface area is 96.9 Å². The second kappa shape index (κ2) is 4.95. The van der Waals surface area contributed by atoms with Gasteiger partial charge in [0.15, 0.2) is 0 Å². The number of hydrogen-bond donors (Lipinski definition) is 2. The van der Waals surface area contributed by atoms with Crippen molar-refractivity contribution in [2.75, 3.05) is 6.54 Å². The average Bonchev–Trinajstić information content (AvgIpc) is 2.61. The van der Waals surface area contributed by atoms with Crippen LogP contribution in [0, 0.1) is 0 Å². The molecule has 1 fully saturated rings. The summed E-state index contributed by atoms with van der Waals surface area (Å²) < 4.78 is 0. The molecular weight excluding hydrogens is 200 g/mol. The highest BCUT2D eigenvalue weighted by Crippen LogP contribution is 2.19. The van der Waals surface area contributed by atoms with Gasteiger partial charge in [-0.3, -0.25) is 4.90 Å². The van der Waals surface area contributed by atoms with Gasteiger partial charge in [-0.15, -0.1) is 0 Å². The minimum atomic E-state index is -0.411. The molecule has 0 aromatic heterocycles. The summed E-state index contributed by atoms with van der Waals surface area (Å²) in [6, 6.07) is 10.6. The Hall–Kier alpha value is -0.900. The first-order valence-electron chi connectivity index (χ1n) is 5.92. The minimum absolute atomic E-state index is 0.199. The molecule has 0 radical (unpaired) electrons. The Morgan fingerprint density at radius 3 is 2.69 bits per heavy atom. The van der Waals surface area contributed by atoms with Crippen molar-refractivity contribution in [3.63, 3.8) is 0 Å². The summed E-state index contributed by atoms with van der Waals surface area (Å²) in [5.74, 6) is 0. The summed E-state index contributed by atoms with van der Waals surface area (Å²) in [6.07, 6.45) is 1.25. The van der Waals surface area contributed by atoms with Crippen LogP contribution in [0.25, 0.3) is 0 Å². The third kappa shape index (κ3) is 2.43. The van der Waals surface area contributed by atoms with Gasteiger partial charge in [0.2, 0.25) is 0 Å². The van der Waals surface area contributed by atoms with Crippen LogP contribution < -0.4 is 5.73 Å². The molecule has 3 nitrogen and oxygen atoms in total. The summed E-state index contributed by atoms with van der Waals surface area (Å²) in [7, 11) is 0. The van der Waals surface area contributed by atoms with E-state index in [1.54, 1.807) is 0 Å². The largest absolute Gasteiger partial charge is 0.378 e. The van der Waals surface area contributed by atoms with Crippen molar-refractivity contribution in [1.82, 2.24) is 4.90 Å². The lowest BCUT2D eigenvalue weighted by molar-refractivity contribution is -0.00167. The topological polar surface area (TPSA) is 49.5 Å². The second-order valence-electron chi connectivity index (χ2n) is 4.60. The molecule has 1 aromatic rings. The third-order valence-electron chi connectivity index (χ3n) is 3.51. The molecule has 1 aromatic carbocycles. The second-order valence-corrected chi connectivity index (χ2v) is 4.60. The van der Waals surface area contributed by atoms with Crippen LogP contribution >= 0.6 is 0 Å². The highest BCUT2D eigenvalue weighted by Gasteiger charge is 2.31. The number of rotatable bonds is 3. The van der Waals surface area contributed by atoms with Crippen molar-refractivity contribution in [2.24, 2.45) is 5.73 Å². The molecule has 0 bridgehead atoms. The number of aliphatic hydroxyl groups is 1. The summed E-state index contributed by atoms with van der Waals surface area (Å²) >= 11 is 0. The Morgan fingerprint density at radius 1 is 1.44 bits per heavy atom. The summed E-state index contributed by atoms with van der Waals surface area (Å²) in [5.41, 5.74) is 7.12. The standard InChI is InChI=1S/C13H20N2O/c1-10-12(14)7-8-15(10)13(16)9-11-5-3-2-4-6-11/h2-6,10,12-13,16H,7-9,14H2,1H3/t10?,12-,13?/m1/s1. The summed E-state index contributed by atoms with van der Waals surface area (Å²) in [4.78, 5) is 2.09. The molecule has 3 atom stereocenters. The zero-order valence-electron chi connectivity index (χ0n) is 9.71. The van der Waals surface area contributed by atoms with E-state index in [-0.39, 0.29) is 12.1 Å². The first-order valence-corrected chi connectivity index (χ1v) is 5.92. The van der Waals surface area contributed by atoms with Crippen LogP contribution in [0.15, 0.2) is 30.3 Å². The molecule has 88 valence electrons. The van der Waals surface area contributed by atoms with Crippen molar-refractivity contribution in [3.8, 4) is 0 Å². The molecule has 3 N–H and O–H groups in total. The molecule has 2 rings (SSSR count). The van der Waals surface area contributed by atoms with Gasteiger partial charge in [-0.25, -0.2) is 0 Å². The van der Waals surface area contributed by atoms with Gasteiger partial charge < -0.3 is 10.8 Å². The smallest absolute Gasteiger partial charge is 0.111 e. The van der Waals surface area contributed by atoms with Crippen molar-refractivity contribution in [3.05, 3.63) is 35.9 Å². The lowest BCUT2D eigenvalue weighted by Crippen LogP contribution is -2.43. The molecule has 0 saturated carbocycles. The maximum atomic E-state index is 10.2. The van der Waals surface area contributed by atoms with Crippen LogP contribution in [0.3, 0.4) is 0 Å². The fourth-order valence-electron chi connectivity index (χ4n) is 2.35. The van der Waals surface area contributed by atoms with E-state index < -0.39 is 6.23 Å². The van der Waals surface area contributed by atoms with Gasteiger partial charge in [-0.2, -0.15) is 0 Å². The van der Waals surface area contributed by atoms with Crippen LogP contribution in [-0.2, 0) is 6.42 Å². The predicted octanol–water partition coefficient (Wildman–Crippen LogP) is 0.969. The molecule has 1 aliphatic rings. The third-order valence-corrected chi connectivity index (χ3v) is 3.51. The minimum Gasteiger partial charge on any atom is -0.378 e. The van der Waals surface area contributed by atoms with Crippen LogP contribution in [0.2, 0.25) is 0 Å². The van der Waals surface area contributed by atoms with E-state index in [2.05, 4.69) is 11.8 Å². The van der Waals surface area contributed by atoms with E-state index in [0.717, 1.165) is 13.0 Å². The highest BCUT2D eigenvalue weighted by atomic mass is 16.3. The Morgan fingerprint density at radius 2 is 2.12 bits per heavy atom. The molecule has 16 heavy (non-hydrogen) atoms. The van der Waals surface area contributed by atoms with Gasteiger partial charge in [-0.05, 0) is 18.9 Å². The van der Waals surface area contributed by atoms with Crippen molar-refractivity contribution in [2.45, 2.75) is 38.1 Å². The van der Waals surface area contributed by atoms with Gasteiger partial charge in [0.05, 0.1) is 0 Å². The van der Waals surface area contributed by atoms with Crippen molar-refractivity contribution >= 4 is 0 Å². The van der Waals surface area contributed by atoms with Crippen LogP contribution in [0.5, 0.6) is 0 Å². The van der Waals surface area contributed by atoms with Crippen LogP contribution in [-0.4, -0.2) is 34.9 Å². The van der Waals surface area contributed by atoms with Gasteiger partial charge in [0.25, 0.3) is 0 Å². The molecule has 0 spiro atoms. The lowest BCUT2D eigenvalue weighted by Gasteiger charge is -2.28. The molecule has 1 aliphatic heterocycles. The number of benzene rings is 1. The van der Waals surface area contributed by atoms with Crippen LogP contribution in [0.4, 0.5) is 0 Å². The van der Waals surface area contributed by atoms with E-state index in [1.807, 2.05) is 30.3 Å². The summed E-state index contributed by atoms with van der Waals surface area (Å²) in [5, 5.41) is 10.2. The van der Waals surface area contributed by atoms with Gasteiger partial charge in [0, 0.05) is 25.0 Å². The van der Waals surface area contributed by atoms with E-state index in [9.17, 15) is 5.11 Å². The Kier molecular flexibility index (Phi) is 3.59. The maximum absolute atomic E-state index is 10.2. The van der Waals surface area contributed by atoms with Gasteiger partial charge in [-0.1, -0.05) is 30.3 Å². The average molecular weight is 220 g/mol. The van der Waals surface area contributed by atoms with E-state index >= 15 is 0 Å². The SMILES string of the molecule is CC1[C@H](N)CCN1C(O)Cc1ccccc1. The number of nitrogens with two attached hydrogens (primary N) is 1. The lowest BCUT2D eigenvalue weighted by atomic mass is 10.1. The molecule has 0 aliphatic carbocycles. The number of nitrogens with zero attached hydrogens (tertiary/aromatic N) is 1. The summed E-state index contributed by atoms with van der Waals surface area (Å²) in [6.45, 7) is 2.99. The fourth-order valence-corrected chi connectivity index (χ4v) is 2.35. The van der Waals surface area contributed by atoms with Gasteiger partial charge in [0.1, 0.15) is 6.23 Å². The van der Waals surface area contributed by atoms with E-state index in [0.29, 0.717) is 6.42 Å². The number of hydrogen-bond acceptors (Lipinski definition) is 3. The van der Waals surface area contributed by atoms with E-state index in [1.165, 1.54) is 5.56 Å². The predicted molar refractivity (Wildman–Crippen MR) is 64.9 cm³/mol. The molecule has 2 unspecified atom stereocenters. The maximum Gasteiger partial charge on any atom is 0.111 e. The molecule has 1 saturated heterocycles.